The molecule has 2 amide bonds. The van der Waals surface area contributed by atoms with Crippen LogP contribution < -0.4 is 10.6 Å². The van der Waals surface area contributed by atoms with Crippen LogP contribution in [-0.4, -0.2) is 45.4 Å². The van der Waals surface area contributed by atoms with Crippen molar-refractivity contribution in [2.24, 2.45) is 0 Å². The summed E-state index contributed by atoms with van der Waals surface area (Å²) in [5.41, 5.74) is 0.236. The summed E-state index contributed by atoms with van der Waals surface area (Å²) in [5, 5.41) is 18.1. The van der Waals surface area contributed by atoms with E-state index in [1.165, 1.54) is 6.92 Å². The number of rotatable bonds is 5. The monoisotopic (exact) mass is 420 g/mol. The first kappa shape index (κ1) is 22.8. The highest BCUT2D eigenvalue weighted by Gasteiger charge is 2.34. The van der Waals surface area contributed by atoms with E-state index < -0.39 is 42.5 Å². The third-order valence-electron chi connectivity index (χ3n) is 4.58. The minimum atomic E-state index is -4.36. The number of carbonyl (C=O) groups excluding carboxylic acids is 1. The van der Waals surface area contributed by atoms with Crippen LogP contribution in [0, 0.1) is 0 Å². The average molecular weight is 420 g/mol. The van der Waals surface area contributed by atoms with Gasteiger partial charge in [-0.2, -0.15) is 18.3 Å². The standard InChI is InChI=1S/C18H27F3N4O4/c1-10(9-18(19,20)21)22-16(28)29-12-6-5-11(7-12)13-8-14(23-15(26)27)25(24-13)17(2,3)4/h8,10-12,23H,5-7,9H2,1-4H3,(H,22,28)(H,26,27)/t10?,11-,12+/m0/s1. The summed E-state index contributed by atoms with van der Waals surface area (Å²) in [4.78, 5) is 22.9. The number of nitrogens with one attached hydrogen (secondary N) is 2. The van der Waals surface area contributed by atoms with Crippen LogP contribution in [0.4, 0.5) is 28.6 Å². The van der Waals surface area contributed by atoms with Gasteiger partial charge in [-0.25, -0.2) is 14.3 Å². The number of aromatic nitrogens is 2. The summed E-state index contributed by atoms with van der Waals surface area (Å²) in [7, 11) is 0. The van der Waals surface area contributed by atoms with Gasteiger partial charge in [0.1, 0.15) is 11.9 Å². The Morgan fingerprint density at radius 2 is 2.00 bits per heavy atom. The zero-order valence-electron chi connectivity index (χ0n) is 16.8. The van der Waals surface area contributed by atoms with Crippen LogP contribution in [-0.2, 0) is 10.3 Å². The smallest absolute Gasteiger partial charge is 0.410 e. The Balaban J connectivity index is 1.98. The molecule has 1 heterocycles. The van der Waals surface area contributed by atoms with Crippen LogP contribution >= 0.6 is 0 Å². The first-order chi connectivity index (χ1) is 13.2. The van der Waals surface area contributed by atoms with Crippen LogP contribution in [0.3, 0.4) is 0 Å². The topological polar surface area (TPSA) is 105 Å². The first-order valence-corrected chi connectivity index (χ1v) is 9.39. The summed E-state index contributed by atoms with van der Waals surface area (Å²) in [6, 6.07) is 0.588. The third kappa shape index (κ3) is 6.82. The molecular weight excluding hydrogens is 393 g/mol. The fraction of sp³-hybridized carbons (Fsp3) is 0.722. The number of carboxylic acid groups (broad SMARTS) is 1. The lowest BCUT2D eigenvalue weighted by Gasteiger charge is -2.22. The van der Waals surface area contributed by atoms with Crippen molar-refractivity contribution in [3.05, 3.63) is 11.8 Å². The van der Waals surface area contributed by atoms with Crippen molar-refractivity contribution in [2.45, 2.75) is 83.2 Å². The fourth-order valence-electron chi connectivity index (χ4n) is 3.41. The maximum absolute atomic E-state index is 12.4. The Kier molecular flexibility index (Phi) is 6.69. The van der Waals surface area contributed by atoms with Gasteiger partial charge in [0.15, 0.2) is 0 Å². The Bertz CT molecular complexity index is 742. The number of alkyl halides is 3. The fourth-order valence-corrected chi connectivity index (χ4v) is 3.41. The lowest BCUT2D eigenvalue weighted by atomic mass is 10.0. The first-order valence-electron chi connectivity index (χ1n) is 9.39. The van der Waals surface area contributed by atoms with Crippen LogP contribution in [0.2, 0.25) is 0 Å². The molecule has 1 aliphatic carbocycles. The van der Waals surface area contributed by atoms with E-state index in [-0.39, 0.29) is 5.92 Å². The maximum Gasteiger partial charge on any atom is 0.410 e. The molecule has 0 radical (unpaired) electrons. The number of hydrogen-bond donors (Lipinski definition) is 3. The number of hydrogen-bond acceptors (Lipinski definition) is 4. The van der Waals surface area contributed by atoms with Gasteiger partial charge in [-0.05, 0) is 47.0 Å². The summed E-state index contributed by atoms with van der Waals surface area (Å²) in [5.74, 6) is 0.307. The molecule has 0 spiro atoms. The van der Waals surface area contributed by atoms with E-state index in [1.54, 1.807) is 10.7 Å². The minimum absolute atomic E-state index is 0.0432. The van der Waals surface area contributed by atoms with E-state index in [2.05, 4.69) is 15.7 Å². The van der Waals surface area contributed by atoms with Gasteiger partial charge in [-0.1, -0.05) is 0 Å². The third-order valence-corrected chi connectivity index (χ3v) is 4.58. The second-order valence-corrected chi connectivity index (χ2v) is 8.37. The molecule has 11 heteroatoms. The van der Waals surface area contributed by atoms with Gasteiger partial charge in [0.25, 0.3) is 0 Å². The van der Waals surface area contributed by atoms with Crippen LogP contribution in [0.25, 0.3) is 0 Å². The van der Waals surface area contributed by atoms with E-state index >= 15 is 0 Å². The van der Waals surface area contributed by atoms with Gasteiger partial charge in [0.05, 0.1) is 17.7 Å². The number of anilines is 1. The molecule has 3 atom stereocenters. The molecule has 1 aromatic heterocycles. The van der Waals surface area contributed by atoms with Crippen LogP contribution in [0.1, 0.15) is 65.0 Å². The van der Waals surface area contributed by atoms with Crippen molar-refractivity contribution in [2.75, 3.05) is 5.32 Å². The van der Waals surface area contributed by atoms with E-state index in [0.717, 1.165) is 0 Å². The Labute approximate surface area is 166 Å². The second-order valence-electron chi connectivity index (χ2n) is 8.37. The summed E-state index contributed by atoms with van der Waals surface area (Å²) < 4.78 is 43.9. The average Bonchev–Trinajstić information content (AvgIpc) is 3.10. The molecule has 164 valence electrons. The molecule has 29 heavy (non-hydrogen) atoms. The molecule has 0 aliphatic heterocycles. The highest BCUT2D eigenvalue weighted by atomic mass is 19.4. The molecule has 3 N–H and O–H groups in total. The number of amides is 2. The molecule has 1 saturated carbocycles. The molecule has 1 aromatic rings. The van der Waals surface area contributed by atoms with Gasteiger partial charge in [0, 0.05) is 18.0 Å². The number of nitrogens with zero attached hydrogens (tertiary/aromatic N) is 2. The quantitative estimate of drug-likeness (QED) is 0.653. The van der Waals surface area contributed by atoms with Gasteiger partial charge in [0.2, 0.25) is 0 Å². The number of ether oxygens (including phenoxy) is 1. The van der Waals surface area contributed by atoms with Crippen molar-refractivity contribution >= 4 is 18.0 Å². The predicted molar refractivity (Wildman–Crippen MR) is 99.0 cm³/mol. The Morgan fingerprint density at radius 3 is 2.55 bits per heavy atom. The van der Waals surface area contributed by atoms with Gasteiger partial charge in [-0.15, -0.1) is 0 Å². The summed E-state index contributed by atoms with van der Waals surface area (Å²) >= 11 is 0. The highest BCUT2D eigenvalue weighted by Crippen LogP contribution is 2.37. The summed E-state index contributed by atoms with van der Waals surface area (Å²) in [6.07, 6.45) is -6.31. The lowest BCUT2D eigenvalue weighted by molar-refractivity contribution is -0.138. The molecular formula is C18H27F3N4O4. The van der Waals surface area contributed by atoms with Crippen molar-refractivity contribution in [3.8, 4) is 0 Å². The highest BCUT2D eigenvalue weighted by molar-refractivity contribution is 5.81. The van der Waals surface area contributed by atoms with Gasteiger partial charge < -0.3 is 15.2 Å². The number of alkyl carbamates (subject to hydrolysis) is 1. The maximum atomic E-state index is 12.4. The molecule has 0 saturated heterocycles. The zero-order chi connectivity index (χ0) is 22.0. The van der Waals surface area contributed by atoms with Gasteiger partial charge in [-0.3, -0.25) is 5.32 Å². The zero-order valence-corrected chi connectivity index (χ0v) is 16.8. The minimum Gasteiger partial charge on any atom is -0.465 e. The SMILES string of the molecule is CC(CC(F)(F)F)NC(=O)O[C@@H]1CC[C@H](c2cc(NC(=O)O)n(C(C)(C)C)n2)C1. The van der Waals surface area contributed by atoms with Crippen molar-refractivity contribution < 1.29 is 32.6 Å². The van der Waals surface area contributed by atoms with E-state index in [4.69, 9.17) is 9.84 Å². The molecule has 8 nitrogen and oxygen atoms in total. The van der Waals surface area contributed by atoms with Crippen molar-refractivity contribution in [3.63, 3.8) is 0 Å². The molecule has 1 aliphatic rings. The van der Waals surface area contributed by atoms with Crippen LogP contribution in [0.15, 0.2) is 6.07 Å². The molecule has 1 fully saturated rings. The molecule has 2 rings (SSSR count). The lowest BCUT2D eigenvalue weighted by Crippen LogP contribution is -2.37. The Hall–Kier alpha value is -2.46. The molecule has 0 aromatic carbocycles. The number of carbonyl (C=O) groups is 2. The molecule has 0 bridgehead atoms. The van der Waals surface area contributed by atoms with E-state index in [9.17, 15) is 22.8 Å². The van der Waals surface area contributed by atoms with E-state index in [1.807, 2.05) is 20.8 Å². The Morgan fingerprint density at radius 1 is 1.34 bits per heavy atom. The second kappa shape index (κ2) is 8.50. The van der Waals surface area contributed by atoms with Gasteiger partial charge >= 0.3 is 18.4 Å². The molecule has 1 unspecified atom stereocenters. The van der Waals surface area contributed by atoms with Crippen LogP contribution in [0.5, 0.6) is 0 Å². The van der Waals surface area contributed by atoms with E-state index in [0.29, 0.717) is 30.8 Å². The predicted octanol–water partition coefficient (Wildman–Crippen LogP) is 4.43. The largest absolute Gasteiger partial charge is 0.465 e. The number of halogens is 3. The van der Waals surface area contributed by atoms with Crippen molar-refractivity contribution in [1.82, 2.24) is 15.1 Å². The summed E-state index contributed by atoms with van der Waals surface area (Å²) in [6.45, 7) is 6.94. The normalized spacial score (nSPS) is 20.9. The van der Waals surface area contributed by atoms with Crippen molar-refractivity contribution in [1.29, 1.82) is 0 Å².